The molecule has 0 saturated heterocycles. The molecule has 0 amide bonds. The van der Waals surface area contributed by atoms with Gasteiger partial charge in [0.2, 0.25) is 0 Å². The Hall–Kier alpha value is -1.34. The first-order chi connectivity index (χ1) is 19.0. The first-order valence-corrected chi connectivity index (χ1v) is 20.2. The maximum absolute atomic E-state index is 2.88. The zero-order valence-electron chi connectivity index (χ0n) is 29.1. The van der Waals surface area contributed by atoms with E-state index < -0.39 is 8.07 Å². The van der Waals surface area contributed by atoms with Gasteiger partial charge in [-0.15, -0.1) is 0 Å². The van der Waals surface area contributed by atoms with Crippen LogP contribution in [0.5, 0.6) is 0 Å². The Balaban J connectivity index is 1.75. The van der Waals surface area contributed by atoms with E-state index in [1.807, 2.05) is 0 Å². The van der Waals surface area contributed by atoms with Crippen LogP contribution in [-0.4, -0.2) is 8.07 Å². The van der Waals surface area contributed by atoms with Gasteiger partial charge in [0.1, 0.15) is 0 Å². The summed E-state index contributed by atoms with van der Waals surface area (Å²) >= 11 is 0. The minimum Gasteiger partial charge on any atom is -0.0685 e. The van der Waals surface area contributed by atoms with E-state index in [4.69, 9.17) is 0 Å². The van der Waals surface area contributed by atoms with Crippen molar-refractivity contribution in [2.75, 3.05) is 0 Å². The highest BCUT2D eigenvalue weighted by atomic mass is 28.3. The van der Waals surface area contributed by atoms with Crippen molar-refractivity contribution in [2.24, 2.45) is 29.6 Å². The number of benzene rings is 2. The molecule has 0 aliphatic heterocycles. The molecule has 0 N–H and O–H groups in total. The van der Waals surface area contributed by atoms with E-state index in [0.29, 0.717) is 0 Å². The smallest absolute Gasteiger partial charge is 0.0622 e. The molecule has 0 radical (unpaired) electrons. The molecule has 0 bridgehead atoms. The molecule has 41 heavy (non-hydrogen) atoms. The summed E-state index contributed by atoms with van der Waals surface area (Å²) in [6, 6.07) is 12.0. The van der Waals surface area contributed by atoms with Crippen LogP contribution in [-0.2, 0) is 30.1 Å². The molecule has 0 spiro atoms. The molecule has 5 rings (SSSR count). The van der Waals surface area contributed by atoms with Gasteiger partial charge < -0.3 is 0 Å². The summed E-state index contributed by atoms with van der Waals surface area (Å²) < 4.78 is 0. The van der Waals surface area contributed by atoms with Gasteiger partial charge in [0.05, 0.1) is 8.07 Å². The van der Waals surface area contributed by atoms with Crippen molar-refractivity contribution >= 4 is 8.07 Å². The van der Waals surface area contributed by atoms with Crippen molar-refractivity contribution in [1.82, 2.24) is 0 Å². The van der Waals surface area contributed by atoms with Crippen LogP contribution >= 0.6 is 0 Å². The van der Waals surface area contributed by atoms with Crippen LogP contribution in [0.2, 0.25) is 18.1 Å². The second-order valence-electron chi connectivity index (χ2n) is 17.5. The molecule has 1 saturated carbocycles. The zero-order valence-corrected chi connectivity index (χ0v) is 30.1. The van der Waals surface area contributed by atoms with Gasteiger partial charge in [-0.3, -0.25) is 0 Å². The fourth-order valence-corrected chi connectivity index (χ4v) is 17.9. The lowest BCUT2D eigenvalue weighted by Gasteiger charge is -2.46. The van der Waals surface area contributed by atoms with Crippen molar-refractivity contribution in [1.29, 1.82) is 0 Å². The fraction of sp³-hybridized carbons (Fsp3) is 0.700. The molecule has 0 nitrogen and oxygen atoms in total. The van der Waals surface area contributed by atoms with Crippen LogP contribution in [0, 0.1) is 29.6 Å². The Kier molecular flexibility index (Phi) is 8.10. The number of fused-ring (bicyclic) bond motifs is 2. The summed E-state index contributed by atoms with van der Waals surface area (Å²) in [6.07, 6.45) is 6.49. The standard InChI is InChI=1S/C40H62Si/c1-14-18-41(13,38-27(5)25(3)26(4)28(38)6)37-24(2)19-34-35(37)22-29-16-15-17-33(29)36(34)30-20-31(39(7,8)9)23-32(21-30)40(10,11)12/h20-28,37-38H,14-19H2,1-13H3. The molecule has 7 atom stereocenters. The molecule has 2 aromatic rings. The van der Waals surface area contributed by atoms with E-state index >= 15 is 0 Å². The maximum atomic E-state index is 2.88. The Morgan fingerprint density at radius 3 is 1.80 bits per heavy atom. The molecule has 1 fully saturated rings. The average Bonchev–Trinajstić information content (AvgIpc) is 3.52. The van der Waals surface area contributed by atoms with E-state index in [0.717, 1.165) is 40.7 Å². The van der Waals surface area contributed by atoms with Crippen LogP contribution in [0.1, 0.15) is 135 Å². The van der Waals surface area contributed by atoms with E-state index in [-0.39, 0.29) is 10.8 Å². The molecule has 1 heteroatoms. The second kappa shape index (κ2) is 10.7. The molecule has 0 aromatic heterocycles. The topological polar surface area (TPSA) is 0 Å². The molecular formula is C40H62Si. The van der Waals surface area contributed by atoms with Crippen LogP contribution in [0.3, 0.4) is 0 Å². The number of rotatable bonds is 5. The SMILES string of the molecule is CCC[Si](C)(C1c2cc3c(c(-c4cc(C(C)(C)C)cc(C(C)(C)C)c4)c2CC1C)CCC3)C1C(C)C(C)C(C)C1C. The molecular weight excluding hydrogens is 509 g/mol. The minimum absolute atomic E-state index is 0.141. The van der Waals surface area contributed by atoms with Crippen molar-refractivity contribution < 1.29 is 0 Å². The third-order valence-corrected chi connectivity index (χ3v) is 19.3. The lowest BCUT2D eigenvalue weighted by Crippen LogP contribution is -2.48. The van der Waals surface area contributed by atoms with Crippen molar-refractivity contribution in [3.63, 3.8) is 0 Å². The number of hydrogen-bond acceptors (Lipinski definition) is 0. The lowest BCUT2D eigenvalue weighted by atomic mass is 9.77. The van der Waals surface area contributed by atoms with Crippen LogP contribution in [0.4, 0.5) is 0 Å². The Bertz CT molecular complexity index is 1240. The molecule has 2 aromatic carbocycles. The summed E-state index contributed by atoms with van der Waals surface area (Å²) in [5.74, 6) is 4.16. The summed E-state index contributed by atoms with van der Waals surface area (Å²) in [5.41, 5.74) is 15.1. The second-order valence-corrected chi connectivity index (χ2v) is 22.3. The average molecular weight is 571 g/mol. The van der Waals surface area contributed by atoms with Gasteiger partial charge in [-0.1, -0.05) is 126 Å². The molecule has 226 valence electrons. The van der Waals surface area contributed by atoms with Gasteiger partial charge in [-0.25, -0.2) is 0 Å². The van der Waals surface area contributed by atoms with Crippen LogP contribution in [0.15, 0.2) is 24.3 Å². The summed E-state index contributed by atoms with van der Waals surface area (Å²) in [5, 5.41) is 0. The van der Waals surface area contributed by atoms with E-state index in [9.17, 15) is 0 Å². The first-order valence-electron chi connectivity index (χ1n) is 17.3. The van der Waals surface area contributed by atoms with Crippen molar-refractivity contribution in [3.8, 4) is 11.1 Å². The quantitative estimate of drug-likeness (QED) is 0.314. The van der Waals surface area contributed by atoms with E-state index in [2.05, 4.69) is 114 Å². The molecule has 7 unspecified atom stereocenters. The number of aryl methyl sites for hydroxylation is 1. The van der Waals surface area contributed by atoms with Crippen molar-refractivity contribution in [2.45, 2.75) is 150 Å². The van der Waals surface area contributed by atoms with Gasteiger partial charge in [-0.2, -0.15) is 0 Å². The first kappa shape index (κ1) is 31.1. The number of hydrogen-bond donors (Lipinski definition) is 0. The predicted molar refractivity (Wildman–Crippen MR) is 184 cm³/mol. The van der Waals surface area contributed by atoms with Crippen molar-refractivity contribution in [3.05, 3.63) is 57.6 Å². The minimum atomic E-state index is -1.65. The highest BCUT2D eigenvalue weighted by Gasteiger charge is 2.56. The normalized spacial score (nSPS) is 31.3. The van der Waals surface area contributed by atoms with Gasteiger partial charge in [-0.05, 0) is 122 Å². The molecule has 0 heterocycles. The highest BCUT2D eigenvalue weighted by molar-refractivity contribution is 6.81. The van der Waals surface area contributed by atoms with Gasteiger partial charge in [0.25, 0.3) is 0 Å². The van der Waals surface area contributed by atoms with E-state index in [1.54, 1.807) is 27.8 Å². The largest absolute Gasteiger partial charge is 0.0685 e. The van der Waals surface area contributed by atoms with Gasteiger partial charge in [0.15, 0.2) is 0 Å². The summed E-state index contributed by atoms with van der Waals surface area (Å²) in [4.78, 5) is 0. The molecule has 3 aliphatic carbocycles. The Morgan fingerprint density at radius 1 is 0.732 bits per heavy atom. The zero-order chi connectivity index (χ0) is 30.2. The monoisotopic (exact) mass is 570 g/mol. The Morgan fingerprint density at radius 2 is 1.29 bits per heavy atom. The summed E-state index contributed by atoms with van der Waals surface area (Å²) in [6.45, 7) is 32.8. The fourth-order valence-electron chi connectivity index (χ4n) is 10.4. The van der Waals surface area contributed by atoms with Crippen LogP contribution in [0.25, 0.3) is 11.1 Å². The van der Waals surface area contributed by atoms with Crippen LogP contribution < -0.4 is 0 Å². The summed E-state index contributed by atoms with van der Waals surface area (Å²) in [7, 11) is -1.65. The predicted octanol–water partition coefficient (Wildman–Crippen LogP) is 11.7. The maximum Gasteiger partial charge on any atom is 0.0622 e. The lowest BCUT2D eigenvalue weighted by molar-refractivity contribution is 0.352. The third-order valence-electron chi connectivity index (χ3n) is 12.8. The Labute approximate surface area is 255 Å². The van der Waals surface area contributed by atoms with E-state index in [1.165, 1.54) is 54.8 Å². The van der Waals surface area contributed by atoms with Gasteiger partial charge >= 0.3 is 0 Å². The third kappa shape index (κ3) is 5.13. The molecule has 3 aliphatic rings. The van der Waals surface area contributed by atoms with Gasteiger partial charge in [0, 0.05) is 0 Å². The highest BCUT2D eigenvalue weighted by Crippen LogP contribution is 2.61.